The Bertz CT molecular complexity index is 621. The van der Waals surface area contributed by atoms with E-state index in [1.165, 1.54) is 32.0 Å². The molecule has 0 heterocycles. The summed E-state index contributed by atoms with van der Waals surface area (Å²) >= 11 is 0. The molecule has 106 valence electrons. The lowest BCUT2D eigenvalue weighted by Gasteiger charge is -2.28. The van der Waals surface area contributed by atoms with Gasteiger partial charge in [-0.05, 0) is 38.1 Å². The molecule has 0 aromatic heterocycles. The molecule has 2 nitrogen and oxygen atoms in total. The lowest BCUT2D eigenvalue weighted by Crippen LogP contribution is -2.28. The Kier molecular flexibility index (Phi) is 3.61. The van der Waals surface area contributed by atoms with Gasteiger partial charge in [-0.15, -0.1) is 0 Å². The van der Waals surface area contributed by atoms with Crippen LogP contribution in [0, 0.1) is 17.5 Å². The largest absolute Gasteiger partial charge is 0.483 e. The average molecular weight is 281 g/mol. The number of halogens is 3. The summed E-state index contributed by atoms with van der Waals surface area (Å²) in [5.41, 5.74) is 3.89. The molecule has 0 spiro atoms. The molecule has 0 saturated heterocycles. The quantitative estimate of drug-likeness (QED) is 0.863. The zero-order valence-corrected chi connectivity index (χ0v) is 11.1. The molecule has 0 atom stereocenters. The van der Waals surface area contributed by atoms with Gasteiger partial charge >= 0.3 is 0 Å². The molecular weight excluding hydrogens is 267 g/mol. The van der Waals surface area contributed by atoms with E-state index in [4.69, 9.17) is 10.5 Å². The predicted molar refractivity (Wildman–Crippen MR) is 70.8 cm³/mol. The van der Waals surface area contributed by atoms with Crippen LogP contribution < -0.4 is 10.5 Å². The highest BCUT2D eigenvalue weighted by Crippen LogP contribution is 2.32. The fourth-order valence-corrected chi connectivity index (χ4v) is 2.00. The van der Waals surface area contributed by atoms with Crippen molar-refractivity contribution in [3.63, 3.8) is 0 Å². The molecule has 0 radical (unpaired) electrons. The van der Waals surface area contributed by atoms with Crippen molar-refractivity contribution in [1.29, 1.82) is 0 Å². The molecule has 0 bridgehead atoms. The fourth-order valence-electron chi connectivity index (χ4n) is 2.00. The van der Waals surface area contributed by atoms with E-state index in [1.54, 1.807) is 0 Å². The standard InChI is InChI=1S/C15H14F3NO/c1-15(2,14-11(17)4-3-5-12(14)18)20-9-6-7-10(16)13(19)8-9/h3-8H,19H2,1-2H3. The second kappa shape index (κ2) is 5.07. The third kappa shape index (κ3) is 2.71. The summed E-state index contributed by atoms with van der Waals surface area (Å²) in [5.74, 6) is -1.75. The van der Waals surface area contributed by atoms with E-state index in [0.29, 0.717) is 0 Å². The van der Waals surface area contributed by atoms with Gasteiger partial charge in [0, 0.05) is 6.07 Å². The summed E-state index contributed by atoms with van der Waals surface area (Å²) in [7, 11) is 0. The molecule has 2 aromatic rings. The first-order valence-corrected chi connectivity index (χ1v) is 6.00. The first-order chi connectivity index (χ1) is 9.31. The number of ether oxygens (including phenoxy) is 1. The fraction of sp³-hybridized carbons (Fsp3) is 0.200. The van der Waals surface area contributed by atoms with Gasteiger partial charge in [0.05, 0.1) is 11.3 Å². The molecule has 0 fully saturated rings. The van der Waals surface area contributed by atoms with Crippen molar-refractivity contribution in [2.24, 2.45) is 0 Å². The van der Waals surface area contributed by atoms with E-state index in [9.17, 15) is 13.2 Å². The van der Waals surface area contributed by atoms with Gasteiger partial charge in [0.15, 0.2) is 0 Å². The Morgan fingerprint density at radius 2 is 1.55 bits per heavy atom. The van der Waals surface area contributed by atoms with Crippen molar-refractivity contribution >= 4 is 5.69 Å². The van der Waals surface area contributed by atoms with Crippen molar-refractivity contribution in [3.05, 3.63) is 59.4 Å². The van der Waals surface area contributed by atoms with E-state index < -0.39 is 23.1 Å². The summed E-state index contributed by atoms with van der Waals surface area (Å²) in [6.07, 6.45) is 0. The van der Waals surface area contributed by atoms with Gasteiger partial charge in [-0.2, -0.15) is 0 Å². The number of hydrogen-bond donors (Lipinski definition) is 1. The summed E-state index contributed by atoms with van der Waals surface area (Å²) < 4.78 is 46.2. The number of nitrogens with two attached hydrogens (primary N) is 1. The highest BCUT2D eigenvalue weighted by atomic mass is 19.1. The number of nitrogen functional groups attached to an aromatic ring is 1. The molecular formula is C15H14F3NO. The van der Waals surface area contributed by atoms with Crippen LogP contribution in [0.4, 0.5) is 18.9 Å². The maximum Gasteiger partial charge on any atom is 0.146 e. The number of rotatable bonds is 3. The lowest BCUT2D eigenvalue weighted by atomic mass is 9.96. The van der Waals surface area contributed by atoms with Crippen LogP contribution in [-0.2, 0) is 5.60 Å². The van der Waals surface area contributed by atoms with E-state index >= 15 is 0 Å². The van der Waals surface area contributed by atoms with E-state index in [2.05, 4.69) is 0 Å². The zero-order chi connectivity index (χ0) is 14.9. The summed E-state index contributed by atoms with van der Waals surface area (Å²) in [5, 5.41) is 0. The maximum absolute atomic E-state index is 13.8. The highest BCUT2D eigenvalue weighted by Gasteiger charge is 2.30. The molecule has 2 aromatic carbocycles. The molecule has 0 aliphatic rings. The van der Waals surface area contributed by atoms with Gasteiger partial charge in [-0.3, -0.25) is 0 Å². The minimum atomic E-state index is -1.26. The molecule has 0 saturated carbocycles. The Balaban J connectivity index is 2.37. The predicted octanol–water partition coefficient (Wildman–Crippen LogP) is 4.00. The lowest BCUT2D eigenvalue weighted by molar-refractivity contribution is 0.0995. The van der Waals surface area contributed by atoms with Crippen LogP contribution in [0.25, 0.3) is 0 Å². The first-order valence-electron chi connectivity index (χ1n) is 6.00. The van der Waals surface area contributed by atoms with E-state index in [0.717, 1.165) is 18.2 Å². The van der Waals surface area contributed by atoms with Gasteiger partial charge in [-0.25, -0.2) is 13.2 Å². The van der Waals surface area contributed by atoms with Crippen molar-refractivity contribution < 1.29 is 17.9 Å². The van der Waals surface area contributed by atoms with Crippen LogP contribution >= 0.6 is 0 Å². The van der Waals surface area contributed by atoms with Crippen LogP contribution in [0.1, 0.15) is 19.4 Å². The molecule has 5 heteroatoms. The van der Waals surface area contributed by atoms with Crippen molar-refractivity contribution in [3.8, 4) is 5.75 Å². The average Bonchev–Trinajstić information content (AvgIpc) is 2.33. The summed E-state index contributed by atoms with van der Waals surface area (Å²) in [6.45, 7) is 3.04. The number of benzene rings is 2. The number of hydrogen-bond acceptors (Lipinski definition) is 2. The third-order valence-electron chi connectivity index (χ3n) is 2.91. The first kappa shape index (κ1) is 14.2. The van der Waals surface area contributed by atoms with Crippen molar-refractivity contribution in [2.45, 2.75) is 19.4 Å². The number of anilines is 1. The second-order valence-electron chi connectivity index (χ2n) is 4.89. The summed E-state index contributed by atoms with van der Waals surface area (Å²) in [6, 6.07) is 7.35. The Morgan fingerprint density at radius 1 is 0.950 bits per heavy atom. The van der Waals surface area contributed by atoms with Crippen LogP contribution in [0.15, 0.2) is 36.4 Å². The molecule has 2 N–H and O–H groups in total. The van der Waals surface area contributed by atoms with Crippen LogP contribution in [0.2, 0.25) is 0 Å². The van der Waals surface area contributed by atoms with Crippen molar-refractivity contribution in [1.82, 2.24) is 0 Å². The zero-order valence-electron chi connectivity index (χ0n) is 11.1. The van der Waals surface area contributed by atoms with Crippen LogP contribution in [-0.4, -0.2) is 0 Å². The molecule has 2 rings (SSSR count). The SMILES string of the molecule is CC(C)(Oc1ccc(F)c(N)c1)c1c(F)cccc1F. The summed E-state index contributed by atoms with van der Waals surface area (Å²) in [4.78, 5) is 0. The molecule has 0 unspecified atom stereocenters. The van der Waals surface area contributed by atoms with E-state index in [1.807, 2.05) is 0 Å². The Hall–Kier alpha value is -2.17. The topological polar surface area (TPSA) is 35.2 Å². The molecule has 0 aliphatic carbocycles. The van der Waals surface area contributed by atoms with Gasteiger partial charge in [-0.1, -0.05) is 6.07 Å². The monoisotopic (exact) mass is 281 g/mol. The molecule has 0 aliphatic heterocycles. The van der Waals surface area contributed by atoms with E-state index in [-0.39, 0.29) is 17.0 Å². The second-order valence-corrected chi connectivity index (χ2v) is 4.89. The Labute approximate surface area is 115 Å². The molecule has 0 amide bonds. The van der Waals surface area contributed by atoms with Gasteiger partial charge in [0.2, 0.25) is 0 Å². The highest BCUT2D eigenvalue weighted by molar-refractivity contribution is 5.45. The van der Waals surface area contributed by atoms with Crippen LogP contribution in [0.3, 0.4) is 0 Å². The smallest absolute Gasteiger partial charge is 0.146 e. The third-order valence-corrected chi connectivity index (χ3v) is 2.91. The van der Waals surface area contributed by atoms with Gasteiger partial charge in [0.25, 0.3) is 0 Å². The van der Waals surface area contributed by atoms with Gasteiger partial charge in [0.1, 0.15) is 28.8 Å². The van der Waals surface area contributed by atoms with Crippen molar-refractivity contribution in [2.75, 3.05) is 5.73 Å². The van der Waals surface area contributed by atoms with Crippen LogP contribution in [0.5, 0.6) is 5.75 Å². The maximum atomic E-state index is 13.8. The minimum absolute atomic E-state index is 0.0905. The van der Waals surface area contributed by atoms with Gasteiger partial charge < -0.3 is 10.5 Å². The Morgan fingerprint density at radius 3 is 2.10 bits per heavy atom. The minimum Gasteiger partial charge on any atom is -0.483 e. The molecule has 20 heavy (non-hydrogen) atoms. The normalized spacial score (nSPS) is 11.4.